The molecular formula is C52H32O. The van der Waals surface area contributed by atoms with Gasteiger partial charge in [0.05, 0.1) is 37.0 Å². The van der Waals surface area contributed by atoms with Gasteiger partial charge in [-0.1, -0.05) is 151 Å². The molecule has 11 rings (SSSR count). The minimum atomic E-state index is -1.06. The maximum Gasteiger partial charge on any atom is 0.136 e. The van der Waals surface area contributed by atoms with Crippen molar-refractivity contribution in [1.82, 2.24) is 0 Å². The van der Waals surface area contributed by atoms with Crippen molar-refractivity contribution in [2.45, 2.75) is 0 Å². The van der Waals surface area contributed by atoms with Crippen molar-refractivity contribution in [2.24, 2.45) is 0 Å². The van der Waals surface area contributed by atoms with E-state index in [0.717, 1.165) is 0 Å². The van der Waals surface area contributed by atoms with Crippen LogP contribution >= 0.6 is 0 Å². The number of hydrogen-bond acceptors (Lipinski definition) is 1. The molecule has 1 aromatic heterocycles. The van der Waals surface area contributed by atoms with E-state index in [1.165, 1.54) is 0 Å². The topological polar surface area (TPSA) is 13.1 Å². The highest BCUT2D eigenvalue weighted by Crippen LogP contribution is 2.48. The maximum atomic E-state index is 10.2. The average molecular weight is 700 g/mol. The molecule has 0 aliphatic heterocycles. The van der Waals surface area contributed by atoms with Gasteiger partial charge in [0.1, 0.15) is 11.2 Å². The van der Waals surface area contributed by atoms with Crippen molar-refractivity contribution in [1.29, 1.82) is 0 Å². The summed E-state index contributed by atoms with van der Waals surface area (Å²) < 4.78 is 256. The predicted octanol–water partition coefficient (Wildman–Crippen LogP) is 14.9. The summed E-state index contributed by atoms with van der Waals surface area (Å²) >= 11 is 0. The highest BCUT2D eigenvalue weighted by Gasteiger charge is 2.20. The van der Waals surface area contributed by atoms with Crippen LogP contribution in [0.4, 0.5) is 0 Å². The first-order valence-electron chi connectivity index (χ1n) is 29.6. The van der Waals surface area contributed by atoms with Crippen molar-refractivity contribution in [3.8, 4) is 44.5 Å². The molecule has 0 saturated carbocycles. The highest BCUT2D eigenvalue weighted by atomic mass is 16.3. The lowest BCUT2D eigenvalue weighted by atomic mass is 9.82. The van der Waals surface area contributed by atoms with Gasteiger partial charge in [0, 0.05) is 10.8 Å². The molecule has 0 radical (unpaired) electrons. The smallest absolute Gasteiger partial charge is 0.136 e. The molecule has 246 valence electrons. The predicted molar refractivity (Wildman–Crippen MR) is 225 cm³/mol. The number of rotatable bonds is 4. The SMILES string of the molecule is [2H]c1c(-c2c(-c3c4c([2H])c([2H])c([2H])c([2H])c4c(-c4c([2H])c([2H])c5c([2H])c([2H])c([2H])c([2H])c5c4[2H])c4c([2H])c([2H])c([2H])c([2H])c34)c([2H])c3c([2H])c([2H])c([2H])c([2H])c3c2[2H])c([2H])c2c(oc3c([2H])c(-c4ccccc4)c([2H])c([2H])c32)c1[2H]. The van der Waals surface area contributed by atoms with E-state index in [4.69, 9.17) is 23.6 Å². The van der Waals surface area contributed by atoms with Crippen molar-refractivity contribution in [3.63, 3.8) is 0 Å². The van der Waals surface area contributed by atoms with Gasteiger partial charge in [0.2, 0.25) is 0 Å². The summed E-state index contributed by atoms with van der Waals surface area (Å²) in [5.74, 6) is 0. The molecule has 0 unspecified atom stereocenters. The van der Waals surface area contributed by atoms with Gasteiger partial charge in [-0.2, -0.15) is 0 Å². The lowest BCUT2D eigenvalue weighted by Gasteiger charge is -2.20. The van der Waals surface area contributed by atoms with Crippen molar-refractivity contribution in [3.05, 3.63) is 193 Å². The zero-order chi connectivity index (χ0) is 58.4. The Kier molecular flexibility index (Phi) is 3.02. The second kappa shape index (κ2) is 11.8. The Morgan fingerprint density at radius 3 is 1.58 bits per heavy atom. The lowest BCUT2D eigenvalue weighted by molar-refractivity contribution is 0.669. The quantitative estimate of drug-likeness (QED) is 0.167. The average Bonchev–Trinajstić information content (AvgIpc) is 3.57. The Hall–Kier alpha value is -6.96. The van der Waals surface area contributed by atoms with E-state index in [2.05, 4.69) is 0 Å². The van der Waals surface area contributed by atoms with Gasteiger partial charge in [-0.25, -0.2) is 0 Å². The fourth-order valence-electron chi connectivity index (χ4n) is 6.55. The van der Waals surface area contributed by atoms with Crippen molar-refractivity contribution in [2.75, 3.05) is 0 Å². The van der Waals surface area contributed by atoms with Crippen LogP contribution in [-0.4, -0.2) is 0 Å². The fourth-order valence-corrected chi connectivity index (χ4v) is 6.55. The number of furan rings is 1. The van der Waals surface area contributed by atoms with Crippen LogP contribution in [0.1, 0.15) is 37.0 Å². The summed E-state index contributed by atoms with van der Waals surface area (Å²) in [7, 11) is 0. The molecular weight excluding hydrogens is 641 g/mol. The third-order valence-corrected chi connectivity index (χ3v) is 8.89. The summed E-state index contributed by atoms with van der Waals surface area (Å²) in [6.07, 6.45) is 0. The first-order valence-corrected chi connectivity index (χ1v) is 16.1. The molecule has 11 aromatic rings. The highest BCUT2D eigenvalue weighted by molar-refractivity contribution is 6.23. The normalized spacial score (nSPS) is 18.9. The molecule has 0 N–H and O–H groups in total. The molecule has 1 nitrogen and oxygen atoms in total. The van der Waals surface area contributed by atoms with E-state index < -0.39 is 256 Å². The van der Waals surface area contributed by atoms with Gasteiger partial charge in [0.25, 0.3) is 0 Å². The standard InChI is InChI=1S/C52H32O/c1-2-12-33(13-3-1)38-24-26-41-47-31-39(25-27-49(47)53-50(41)32-38)46-29-36-16-6-7-17-37(36)30-48(46)52-44-20-10-8-18-42(44)51(43-19-9-11-21-45(43)52)40-23-22-34-14-4-5-15-35(34)28-40/h1-32H/i4D,5D,6D,7D,8D,9D,10D,11D,14D,15D,16D,17D,18D,19D,20D,21D,22D,23D,24D,25D,26D,27D,28D,29D,30D,31D,32D. The van der Waals surface area contributed by atoms with E-state index >= 15 is 0 Å². The van der Waals surface area contributed by atoms with Crippen LogP contribution in [-0.2, 0) is 0 Å². The van der Waals surface area contributed by atoms with Crippen LogP contribution in [0.2, 0.25) is 0 Å². The van der Waals surface area contributed by atoms with Gasteiger partial charge in [-0.3, -0.25) is 0 Å². The molecule has 0 atom stereocenters. The number of fused-ring (bicyclic) bond motifs is 7. The summed E-state index contributed by atoms with van der Waals surface area (Å²) in [6.45, 7) is 0. The molecule has 1 heterocycles. The number of hydrogen-bond donors (Lipinski definition) is 0. The Balaban J connectivity index is 1.46. The van der Waals surface area contributed by atoms with Gasteiger partial charge in [0.15, 0.2) is 0 Å². The van der Waals surface area contributed by atoms with Crippen molar-refractivity contribution < 1.29 is 41.4 Å². The summed E-state index contributed by atoms with van der Waals surface area (Å²) in [6, 6.07) is -16.6. The van der Waals surface area contributed by atoms with Crippen LogP contribution in [0, 0.1) is 0 Å². The Morgan fingerprint density at radius 2 is 0.887 bits per heavy atom. The van der Waals surface area contributed by atoms with Crippen LogP contribution in [0.5, 0.6) is 0 Å². The van der Waals surface area contributed by atoms with Gasteiger partial charge >= 0.3 is 0 Å². The van der Waals surface area contributed by atoms with E-state index in [1.807, 2.05) is 0 Å². The van der Waals surface area contributed by atoms with Gasteiger partial charge in [-0.05, 0) is 130 Å². The number of benzene rings is 10. The van der Waals surface area contributed by atoms with E-state index in [0.29, 0.717) is 5.56 Å². The summed E-state index contributed by atoms with van der Waals surface area (Å²) in [5, 5.41) is -6.76. The Morgan fingerprint density at radius 1 is 0.321 bits per heavy atom. The third kappa shape index (κ3) is 4.79. The first-order chi connectivity index (χ1) is 37.6. The van der Waals surface area contributed by atoms with E-state index in [-0.39, 0.29) is 10.9 Å². The Bertz CT molecular complexity index is 4700. The molecule has 0 aliphatic rings. The lowest BCUT2D eigenvalue weighted by Crippen LogP contribution is -1.93. The summed E-state index contributed by atoms with van der Waals surface area (Å²) in [5.41, 5.74) is -5.63. The fraction of sp³-hybridized carbons (Fsp3) is 0. The molecule has 0 spiro atoms. The molecule has 0 aliphatic carbocycles. The summed E-state index contributed by atoms with van der Waals surface area (Å²) in [4.78, 5) is 0. The Labute approximate surface area is 344 Å². The molecule has 1 heteroatoms. The van der Waals surface area contributed by atoms with Crippen LogP contribution in [0.15, 0.2) is 198 Å². The molecule has 0 bridgehead atoms. The first kappa shape index (κ1) is 13.5. The molecule has 0 amide bonds. The minimum absolute atomic E-state index is 0.0665. The van der Waals surface area contributed by atoms with Gasteiger partial charge in [-0.15, -0.1) is 0 Å². The maximum absolute atomic E-state index is 10.2. The largest absolute Gasteiger partial charge is 0.456 e. The molecule has 0 saturated heterocycles. The second-order valence-electron chi connectivity index (χ2n) is 11.9. The van der Waals surface area contributed by atoms with Crippen LogP contribution in [0.25, 0.3) is 110 Å². The van der Waals surface area contributed by atoms with E-state index in [9.17, 15) is 17.8 Å². The monoisotopic (exact) mass is 699 g/mol. The van der Waals surface area contributed by atoms with Gasteiger partial charge < -0.3 is 4.42 Å². The second-order valence-corrected chi connectivity index (χ2v) is 11.9. The third-order valence-electron chi connectivity index (χ3n) is 8.89. The zero-order valence-electron chi connectivity index (χ0n) is 53.8. The van der Waals surface area contributed by atoms with Crippen molar-refractivity contribution >= 4 is 65.0 Å². The van der Waals surface area contributed by atoms with Crippen LogP contribution in [0.3, 0.4) is 0 Å². The minimum Gasteiger partial charge on any atom is -0.456 e. The molecule has 10 aromatic carbocycles. The van der Waals surface area contributed by atoms with Crippen LogP contribution < -0.4 is 0 Å². The molecule has 0 fully saturated rings. The molecule has 53 heavy (non-hydrogen) atoms. The van der Waals surface area contributed by atoms with E-state index in [1.54, 1.807) is 30.3 Å². The zero-order valence-corrected chi connectivity index (χ0v) is 26.8.